The summed E-state index contributed by atoms with van der Waals surface area (Å²) in [7, 11) is 2.16. The average Bonchev–Trinajstić information content (AvgIpc) is 2.75. The monoisotopic (exact) mass is 267 g/mol. The highest BCUT2D eigenvalue weighted by Gasteiger charge is 2.38. The van der Waals surface area contributed by atoms with Crippen LogP contribution in [-0.2, 0) is 6.42 Å². The van der Waals surface area contributed by atoms with E-state index in [-0.39, 0.29) is 0 Å². The third kappa shape index (κ3) is 2.10. The second-order valence-electron chi connectivity index (χ2n) is 5.96. The quantitative estimate of drug-likeness (QED) is 0.844. The summed E-state index contributed by atoms with van der Waals surface area (Å²) >= 11 is 0. The summed E-state index contributed by atoms with van der Waals surface area (Å²) in [6.45, 7) is 10.2. The van der Waals surface area contributed by atoms with E-state index in [0.717, 1.165) is 19.5 Å². The predicted octanol–water partition coefficient (Wildman–Crippen LogP) is 3.26. The molecule has 1 aromatic rings. The lowest BCUT2D eigenvalue weighted by molar-refractivity contribution is 0.403. The number of phenolic OH excluding ortho intramolecular Hbond substituents is 1. The Morgan fingerprint density at radius 2 is 2.05 bits per heavy atom. The molecule has 0 saturated carbocycles. The fourth-order valence-corrected chi connectivity index (χ4v) is 3.68. The van der Waals surface area contributed by atoms with Crippen LogP contribution in [0.1, 0.15) is 17.0 Å². The zero-order valence-corrected chi connectivity index (χ0v) is 12.0. The molecule has 2 aliphatic rings. The number of rotatable bonds is 1. The van der Waals surface area contributed by atoms with Crippen molar-refractivity contribution in [2.45, 2.75) is 12.3 Å². The standard InChI is InChI=1S/C18H21NO/c1-4-5-15-12(2)8-13-6-7-14(20)9-16(13)18-11-19(3)10-17(15)18/h4-7,9,17-18,20H,1-2,8,10-11H2,3H3/b15-5+/t17?,18-/m0/s1. The lowest BCUT2D eigenvalue weighted by atomic mass is 9.83. The van der Waals surface area contributed by atoms with Crippen LogP contribution in [0, 0.1) is 5.92 Å². The molecule has 1 aromatic carbocycles. The smallest absolute Gasteiger partial charge is 0.115 e. The fraction of sp³-hybridized carbons (Fsp3) is 0.333. The van der Waals surface area contributed by atoms with E-state index in [9.17, 15) is 5.11 Å². The summed E-state index contributed by atoms with van der Waals surface area (Å²) in [6.07, 6.45) is 4.85. The van der Waals surface area contributed by atoms with Crippen LogP contribution in [0.25, 0.3) is 0 Å². The molecular formula is C18H21NO. The van der Waals surface area contributed by atoms with Crippen molar-refractivity contribution in [1.29, 1.82) is 0 Å². The number of nitrogens with zero attached hydrogens (tertiary/aromatic N) is 1. The Hall–Kier alpha value is -1.80. The zero-order chi connectivity index (χ0) is 14.3. The third-order valence-corrected chi connectivity index (χ3v) is 4.54. The van der Waals surface area contributed by atoms with Crippen LogP contribution in [0.3, 0.4) is 0 Å². The molecule has 2 heteroatoms. The Labute approximate surface area is 120 Å². The number of likely N-dealkylation sites (tertiary alicyclic amines) is 1. The Bertz CT molecular complexity index is 599. The summed E-state index contributed by atoms with van der Waals surface area (Å²) in [5.74, 6) is 1.25. The van der Waals surface area contributed by atoms with Crippen molar-refractivity contribution < 1.29 is 5.11 Å². The van der Waals surface area contributed by atoms with E-state index >= 15 is 0 Å². The molecule has 1 heterocycles. The van der Waals surface area contributed by atoms with Gasteiger partial charge in [0.15, 0.2) is 0 Å². The van der Waals surface area contributed by atoms with Gasteiger partial charge in [-0.1, -0.05) is 31.4 Å². The lowest BCUT2D eigenvalue weighted by Gasteiger charge is -2.20. The Balaban J connectivity index is 2.15. The van der Waals surface area contributed by atoms with Crippen molar-refractivity contribution in [3.63, 3.8) is 0 Å². The van der Waals surface area contributed by atoms with Crippen LogP contribution < -0.4 is 0 Å². The minimum atomic E-state index is 0.360. The van der Waals surface area contributed by atoms with Crippen molar-refractivity contribution in [2.75, 3.05) is 20.1 Å². The first kappa shape index (κ1) is 13.2. The molecule has 1 unspecified atom stereocenters. The second-order valence-corrected chi connectivity index (χ2v) is 5.96. The topological polar surface area (TPSA) is 23.5 Å². The third-order valence-electron chi connectivity index (χ3n) is 4.54. The van der Waals surface area contributed by atoms with E-state index in [1.54, 1.807) is 6.07 Å². The van der Waals surface area contributed by atoms with Gasteiger partial charge in [0, 0.05) is 24.9 Å². The van der Waals surface area contributed by atoms with Gasteiger partial charge in [0.1, 0.15) is 5.75 Å². The summed E-state index contributed by atoms with van der Waals surface area (Å²) < 4.78 is 0. The van der Waals surface area contributed by atoms with Crippen molar-refractivity contribution >= 4 is 0 Å². The van der Waals surface area contributed by atoms with Gasteiger partial charge in [0.25, 0.3) is 0 Å². The molecule has 1 aliphatic heterocycles. The van der Waals surface area contributed by atoms with Crippen LogP contribution in [0.2, 0.25) is 0 Å². The SMILES string of the molecule is C=C/C=C1\C(=C)Cc2ccc(O)cc2[C@@H]2CN(C)CC12. The van der Waals surface area contributed by atoms with E-state index < -0.39 is 0 Å². The van der Waals surface area contributed by atoms with Crippen LogP contribution >= 0.6 is 0 Å². The number of aromatic hydroxyl groups is 1. The largest absolute Gasteiger partial charge is 0.508 e. The van der Waals surface area contributed by atoms with Crippen molar-refractivity contribution in [3.05, 3.63) is 65.8 Å². The number of hydrogen-bond acceptors (Lipinski definition) is 2. The van der Waals surface area contributed by atoms with Crippen molar-refractivity contribution in [2.24, 2.45) is 5.92 Å². The zero-order valence-electron chi connectivity index (χ0n) is 12.0. The molecular weight excluding hydrogens is 246 g/mol. The molecule has 3 rings (SSSR count). The molecule has 20 heavy (non-hydrogen) atoms. The summed E-state index contributed by atoms with van der Waals surface area (Å²) in [5, 5.41) is 9.83. The maximum atomic E-state index is 9.83. The van der Waals surface area contributed by atoms with Gasteiger partial charge >= 0.3 is 0 Å². The Kier molecular flexibility index (Phi) is 3.27. The molecule has 0 spiro atoms. The first-order valence-electron chi connectivity index (χ1n) is 7.11. The summed E-state index contributed by atoms with van der Waals surface area (Å²) in [6, 6.07) is 5.76. The number of hydrogen-bond donors (Lipinski definition) is 1. The van der Waals surface area contributed by atoms with Crippen molar-refractivity contribution in [1.82, 2.24) is 4.90 Å². The highest BCUT2D eigenvalue weighted by atomic mass is 16.3. The average molecular weight is 267 g/mol. The van der Waals surface area contributed by atoms with Gasteiger partial charge in [0.05, 0.1) is 0 Å². The maximum Gasteiger partial charge on any atom is 0.115 e. The molecule has 2 atom stereocenters. The fourth-order valence-electron chi connectivity index (χ4n) is 3.68. The predicted molar refractivity (Wildman–Crippen MR) is 83.0 cm³/mol. The Morgan fingerprint density at radius 3 is 2.80 bits per heavy atom. The normalized spacial score (nSPS) is 28.1. The molecule has 1 aliphatic carbocycles. The van der Waals surface area contributed by atoms with Crippen LogP contribution in [0.4, 0.5) is 0 Å². The minimum absolute atomic E-state index is 0.360. The molecule has 0 aromatic heterocycles. The summed E-state index contributed by atoms with van der Waals surface area (Å²) in [4.78, 5) is 2.36. The summed E-state index contributed by atoms with van der Waals surface area (Å²) in [5.41, 5.74) is 5.09. The van der Waals surface area contributed by atoms with E-state index in [1.165, 1.54) is 22.3 Å². The first-order valence-corrected chi connectivity index (χ1v) is 7.11. The van der Waals surface area contributed by atoms with Gasteiger partial charge in [-0.25, -0.2) is 0 Å². The van der Waals surface area contributed by atoms with E-state index in [4.69, 9.17) is 0 Å². The van der Waals surface area contributed by atoms with Gasteiger partial charge in [-0.2, -0.15) is 0 Å². The first-order chi connectivity index (χ1) is 9.60. The number of likely N-dealkylation sites (N-methyl/N-ethyl adjacent to an activating group) is 1. The van der Waals surface area contributed by atoms with Gasteiger partial charge in [-0.05, 0) is 47.9 Å². The molecule has 1 saturated heterocycles. The number of phenols is 1. The lowest BCUT2D eigenvalue weighted by Crippen LogP contribution is -2.15. The van der Waals surface area contributed by atoms with Gasteiger partial charge in [0.2, 0.25) is 0 Å². The Morgan fingerprint density at radius 1 is 1.30 bits per heavy atom. The van der Waals surface area contributed by atoms with Gasteiger partial charge < -0.3 is 10.0 Å². The van der Waals surface area contributed by atoms with Crippen LogP contribution in [-0.4, -0.2) is 30.1 Å². The van der Waals surface area contributed by atoms with Crippen molar-refractivity contribution in [3.8, 4) is 5.75 Å². The molecule has 1 fully saturated rings. The van der Waals surface area contributed by atoms with Gasteiger partial charge in [-0.3, -0.25) is 0 Å². The van der Waals surface area contributed by atoms with E-state index in [1.807, 2.05) is 18.2 Å². The highest BCUT2D eigenvalue weighted by Crippen LogP contribution is 2.44. The van der Waals surface area contributed by atoms with E-state index in [2.05, 4.69) is 31.2 Å². The minimum Gasteiger partial charge on any atom is -0.508 e. The van der Waals surface area contributed by atoms with Crippen LogP contribution in [0.5, 0.6) is 5.75 Å². The molecule has 2 nitrogen and oxygen atoms in total. The second kappa shape index (κ2) is 4.95. The number of benzene rings is 1. The molecule has 1 N–H and O–H groups in total. The number of allylic oxidation sites excluding steroid dienone is 3. The number of fused-ring (bicyclic) bond motifs is 3. The van der Waals surface area contributed by atoms with Crippen LogP contribution in [0.15, 0.2) is 54.7 Å². The molecule has 0 radical (unpaired) electrons. The molecule has 0 bridgehead atoms. The van der Waals surface area contributed by atoms with E-state index in [0.29, 0.717) is 17.6 Å². The molecule has 104 valence electrons. The molecule has 0 amide bonds. The highest BCUT2D eigenvalue weighted by molar-refractivity contribution is 5.49. The maximum absolute atomic E-state index is 9.83. The van der Waals surface area contributed by atoms with Gasteiger partial charge in [-0.15, -0.1) is 0 Å².